The molecule has 0 bridgehead atoms. The van der Waals surface area contributed by atoms with E-state index in [1.54, 1.807) is 0 Å². The van der Waals surface area contributed by atoms with Crippen molar-refractivity contribution in [3.05, 3.63) is 0 Å². The van der Waals surface area contributed by atoms with E-state index in [1.807, 2.05) is 0 Å². The Labute approximate surface area is 80.7 Å². The van der Waals surface area contributed by atoms with E-state index in [1.165, 1.54) is 19.3 Å². The lowest BCUT2D eigenvalue weighted by atomic mass is 9.92. The van der Waals surface area contributed by atoms with Gasteiger partial charge >= 0.3 is 0 Å². The Hall–Kier alpha value is 0.270. The van der Waals surface area contributed by atoms with Crippen LogP contribution in [-0.2, 0) is 4.74 Å². The Balaban J connectivity index is 1.91. The van der Waals surface area contributed by atoms with Crippen LogP contribution in [0.2, 0.25) is 0 Å². The van der Waals surface area contributed by atoms with Gasteiger partial charge in [-0.3, -0.25) is 0 Å². The van der Waals surface area contributed by atoms with Crippen LogP contribution in [0.4, 0.5) is 0 Å². The van der Waals surface area contributed by atoms with Gasteiger partial charge in [0.25, 0.3) is 0 Å². The van der Waals surface area contributed by atoms with Crippen molar-refractivity contribution >= 4 is 12.6 Å². The third-order valence-corrected chi connectivity index (χ3v) is 2.70. The lowest BCUT2D eigenvalue weighted by Gasteiger charge is -2.34. The second kappa shape index (κ2) is 5.84. The van der Waals surface area contributed by atoms with E-state index >= 15 is 0 Å². The first kappa shape index (κ1) is 10.4. The molecule has 0 heterocycles. The van der Waals surface area contributed by atoms with E-state index in [2.05, 4.69) is 24.6 Å². The van der Waals surface area contributed by atoms with Crippen LogP contribution in [0.1, 0.15) is 19.3 Å². The third-order valence-electron chi connectivity index (χ3n) is 2.52. The fraction of sp³-hybridized carbons (Fsp3) is 1.00. The van der Waals surface area contributed by atoms with Crippen molar-refractivity contribution < 1.29 is 4.74 Å². The summed E-state index contributed by atoms with van der Waals surface area (Å²) in [5, 5.41) is 0. The van der Waals surface area contributed by atoms with Gasteiger partial charge < -0.3 is 9.64 Å². The smallest absolute Gasteiger partial charge is 0.0593 e. The summed E-state index contributed by atoms with van der Waals surface area (Å²) in [5.41, 5.74) is 0. The fourth-order valence-corrected chi connectivity index (χ4v) is 1.51. The van der Waals surface area contributed by atoms with Crippen LogP contribution in [0, 0.1) is 0 Å². The SMILES string of the molecule is CN(CCOCCS)C1CCC1. The number of ether oxygens (including phenoxy) is 1. The number of nitrogens with zero attached hydrogens (tertiary/aromatic N) is 1. The van der Waals surface area contributed by atoms with Gasteiger partial charge in [0, 0.05) is 18.3 Å². The highest BCUT2D eigenvalue weighted by atomic mass is 32.1. The van der Waals surface area contributed by atoms with E-state index in [0.29, 0.717) is 0 Å². The molecule has 12 heavy (non-hydrogen) atoms. The van der Waals surface area contributed by atoms with Crippen molar-refractivity contribution in [2.24, 2.45) is 0 Å². The molecule has 0 aromatic carbocycles. The van der Waals surface area contributed by atoms with Gasteiger partial charge in [-0.2, -0.15) is 12.6 Å². The van der Waals surface area contributed by atoms with Crippen LogP contribution in [0.15, 0.2) is 0 Å². The summed E-state index contributed by atoms with van der Waals surface area (Å²) in [6, 6.07) is 0.838. The molecule has 1 saturated carbocycles. The van der Waals surface area contributed by atoms with Crippen molar-refractivity contribution in [2.75, 3.05) is 32.6 Å². The first-order chi connectivity index (χ1) is 5.84. The average Bonchev–Trinajstić information content (AvgIpc) is 1.95. The molecule has 1 aliphatic rings. The number of likely N-dealkylation sites (N-methyl/N-ethyl adjacent to an activating group) is 1. The van der Waals surface area contributed by atoms with Crippen molar-refractivity contribution in [1.29, 1.82) is 0 Å². The number of rotatable bonds is 6. The first-order valence-electron chi connectivity index (χ1n) is 4.73. The summed E-state index contributed by atoms with van der Waals surface area (Å²) in [4.78, 5) is 2.40. The lowest BCUT2D eigenvalue weighted by molar-refractivity contribution is 0.0874. The molecule has 0 aliphatic heterocycles. The summed E-state index contributed by atoms with van der Waals surface area (Å²) in [5.74, 6) is 0.827. The summed E-state index contributed by atoms with van der Waals surface area (Å²) in [6.45, 7) is 2.70. The molecule has 0 aromatic rings. The van der Waals surface area contributed by atoms with Gasteiger partial charge in [-0.15, -0.1) is 0 Å². The zero-order valence-electron chi connectivity index (χ0n) is 7.83. The van der Waals surface area contributed by atoms with Crippen LogP contribution >= 0.6 is 12.6 Å². The van der Waals surface area contributed by atoms with E-state index in [0.717, 1.165) is 31.6 Å². The second-order valence-corrected chi connectivity index (χ2v) is 3.85. The van der Waals surface area contributed by atoms with Crippen LogP contribution in [0.3, 0.4) is 0 Å². The van der Waals surface area contributed by atoms with Gasteiger partial charge in [-0.25, -0.2) is 0 Å². The maximum absolute atomic E-state index is 5.35. The molecule has 0 unspecified atom stereocenters. The van der Waals surface area contributed by atoms with Gasteiger partial charge in [0.1, 0.15) is 0 Å². The average molecular weight is 189 g/mol. The zero-order chi connectivity index (χ0) is 8.81. The Morgan fingerprint density at radius 1 is 1.42 bits per heavy atom. The number of hydrogen-bond acceptors (Lipinski definition) is 3. The molecule has 0 aromatic heterocycles. The minimum atomic E-state index is 0.779. The lowest BCUT2D eigenvalue weighted by Crippen LogP contribution is -2.39. The normalized spacial score (nSPS) is 18.2. The van der Waals surface area contributed by atoms with Crippen molar-refractivity contribution in [3.8, 4) is 0 Å². The molecule has 0 spiro atoms. The maximum Gasteiger partial charge on any atom is 0.0593 e. The minimum Gasteiger partial charge on any atom is -0.379 e. The molecule has 1 rings (SSSR count). The minimum absolute atomic E-state index is 0.779. The quantitative estimate of drug-likeness (QED) is 0.501. The van der Waals surface area contributed by atoms with E-state index in [4.69, 9.17) is 4.74 Å². The molecule has 0 amide bonds. The highest BCUT2D eigenvalue weighted by molar-refractivity contribution is 7.80. The molecule has 1 aliphatic carbocycles. The van der Waals surface area contributed by atoms with Crippen molar-refractivity contribution in [2.45, 2.75) is 25.3 Å². The molecular weight excluding hydrogens is 170 g/mol. The van der Waals surface area contributed by atoms with E-state index < -0.39 is 0 Å². The molecule has 0 saturated heterocycles. The highest BCUT2D eigenvalue weighted by Gasteiger charge is 2.21. The highest BCUT2D eigenvalue weighted by Crippen LogP contribution is 2.22. The molecular formula is C9H19NOS. The van der Waals surface area contributed by atoms with Crippen LogP contribution in [0.5, 0.6) is 0 Å². The molecule has 0 atom stereocenters. The standard InChI is InChI=1S/C9H19NOS/c1-10(9-3-2-4-9)5-6-11-7-8-12/h9,12H,2-8H2,1H3. The zero-order valence-corrected chi connectivity index (χ0v) is 8.72. The summed E-state index contributed by atoms with van der Waals surface area (Å²) in [7, 11) is 2.19. The summed E-state index contributed by atoms with van der Waals surface area (Å²) >= 11 is 4.08. The molecule has 0 N–H and O–H groups in total. The van der Waals surface area contributed by atoms with E-state index in [9.17, 15) is 0 Å². The van der Waals surface area contributed by atoms with Crippen LogP contribution < -0.4 is 0 Å². The van der Waals surface area contributed by atoms with Crippen LogP contribution in [-0.4, -0.2) is 43.5 Å². The van der Waals surface area contributed by atoms with Gasteiger partial charge in [0.2, 0.25) is 0 Å². The van der Waals surface area contributed by atoms with Crippen LogP contribution in [0.25, 0.3) is 0 Å². The Bertz CT molecular complexity index is 117. The number of thiol groups is 1. The predicted octanol–water partition coefficient (Wildman–Crippen LogP) is 1.42. The molecule has 3 heteroatoms. The maximum atomic E-state index is 5.35. The molecule has 0 radical (unpaired) electrons. The summed E-state index contributed by atoms with van der Waals surface area (Å²) in [6.07, 6.45) is 4.17. The predicted molar refractivity (Wildman–Crippen MR) is 54.9 cm³/mol. The Morgan fingerprint density at radius 2 is 2.17 bits per heavy atom. The third kappa shape index (κ3) is 3.33. The van der Waals surface area contributed by atoms with Gasteiger partial charge in [0.15, 0.2) is 0 Å². The van der Waals surface area contributed by atoms with E-state index in [-0.39, 0.29) is 0 Å². The van der Waals surface area contributed by atoms with Gasteiger partial charge in [-0.1, -0.05) is 6.42 Å². The summed E-state index contributed by atoms with van der Waals surface area (Å²) < 4.78 is 5.35. The Morgan fingerprint density at radius 3 is 2.67 bits per heavy atom. The van der Waals surface area contributed by atoms with Gasteiger partial charge in [0.05, 0.1) is 13.2 Å². The first-order valence-corrected chi connectivity index (χ1v) is 5.36. The van der Waals surface area contributed by atoms with Gasteiger partial charge in [-0.05, 0) is 19.9 Å². The molecule has 2 nitrogen and oxygen atoms in total. The topological polar surface area (TPSA) is 12.5 Å². The van der Waals surface area contributed by atoms with Crippen molar-refractivity contribution in [1.82, 2.24) is 4.90 Å². The molecule has 72 valence electrons. The molecule has 1 fully saturated rings. The Kier molecular flexibility index (Phi) is 5.04. The second-order valence-electron chi connectivity index (χ2n) is 3.40. The fourth-order valence-electron chi connectivity index (χ4n) is 1.39. The number of hydrogen-bond donors (Lipinski definition) is 1. The largest absolute Gasteiger partial charge is 0.379 e. The van der Waals surface area contributed by atoms with Crippen molar-refractivity contribution in [3.63, 3.8) is 0 Å². The monoisotopic (exact) mass is 189 g/mol.